The van der Waals surface area contributed by atoms with E-state index in [0.29, 0.717) is 31.9 Å². The number of ether oxygens (including phenoxy) is 2. The first-order chi connectivity index (χ1) is 8.31. The summed E-state index contributed by atoms with van der Waals surface area (Å²) in [4.78, 5) is 11.2. The van der Waals surface area contributed by atoms with Gasteiger partial charge in [0, 0.05) is 17.8 Å². The molecule has 5 heteroatoms. The highest BCUT2D eigenvalue weighted by molar-refractivity contribution is 5.93. The minimum Gasteiger partial charge on any atom is -0.457 e. The molecule has 5 nitrogen and oxygen atoms in total. The number of anilines is 1. The number of esters is 1. The third kappa shape index (κ3) is 2.95. The number of aliphatic hydroxyl groups excluding tert-OH is 1. The van der Waals surface area contributed by atoms with Crippen LogP contribution in [0.4, 0.5) is 5.69 Å². The van der Waals surface area contributed by atoms with Crippen molar-refractivity contribution in [3.8, 4) is 0 Å². The summed E-state index contributed by atoms with van der Waals surface area (Å²) in [5.74, 6) is -0.252. The van der Waals surface area contributed by atoms with Crippen molar-refractivity contribution in [1.29, 1.82) is 0 Å². The zero-order valence-corrected chi connectivity index (χ0v) is 9.44. The monoisotopic (exact) mass is 237 g/mol. The van der Waals surface area contributed by atoms with Gasteiger partial charge in [0.15, 0.2) is 0 Å². The average molecular weight is 237 g/mol. The summed E-state index contributed by atoms with van der Waals surface area (Å²) in [6.45, 7) is 1.94. The lowest BCUT2D eigenvalue weighted by molar-refractivity contribution is 0.0535. The molecule has 0 aromatic heterocycles. The van der Waals surface area contributed by atoms with Crippen LogP contribution in [0, 0.1) is 0 Å². The predicted molar refractivity (Wildman–Crippen MR) is 62.0 cm³/mol. The van der Waals surface area contributed by atoms with Crippen LogP contribution >= 0.6 is 0 Å². The first-order valence-electron chi connectivity index (χ1n) is 5.54. The first-order valence-corrected chi connectivity index (χ1v) is 5.54. The molecule has 1 aromatic rings. The summed E-state index contributed by atoms with van der Waals surface area (Å²) in [6, 6.07) is 5.52. The highest BCUT2D eigenvalue weighted by Gasteiger charge is 2.20. The third-order valence-corrected chi connectivity index (χ3v) is 2.50. The van der Waals surface area contributed by atoms with Crippen LogP contribution in [0.15, 0.2) is 18.2 Å². The zero-order chi connectivity index (χ0) is 12.1. The lowest BCUT2D eigenvalue weighted by Crippen LogP contribution is -2.11. The minimum atomic E-state index is -0.252. The Bertz CT molecular complexity index is 405. The lowest BCUT2D eigenvalue weighted by atomic mass is 10.1. The highest BCUT2D eigenvalue weighted by atomic mass is 16.5. The molecule has 0 amide bonds. The topological polar surface area (TPSA) is 67.8 Å². The van der Waals surface area contributed by atoms with Crippen LogP contribution in [0.1, 0.15) is 15.9 Å². The summed E-state index contributed by atoms with van der Waals surface area (Å²) in [6.07, 6.45) is 0. The Kier molecular flexibility index (Phi) is 3.95. The number of rotatable bonds is 6. The largest absolute Gasteiger partial charge is 0.457 e. The molecule has 0 saturated carbocycles. The van der Waals surface area contributed by atoms with Crippen molar-refractivity contribution in [2.45, 2.75) is 6.61 Å². The van der Waals surface area contributed by atoms with Crippen LogP contribution in [-0.4, -0.2) is 37.4 Å². The summed E-state index contributed by atoms with van der Waals surface area (Å²) >= 11 is 0. The maximum Gasteiger partial charge on any atom is 0.338 e. The van der Waals surface area contributed by atoms with Gasteiger partial charge in [-0.1, -0.05) is 0 Å². The van der Waals surface area contributed by atoms with Crippen LogP contribution in [0.5, 0.6) is 0 Å². The molecule has 2 N–H and O–H groups in total. The van der Waals surface area contributed by atoms with E-state index in [1.807, 2.05) is 12.1 Å². The van der Waals surface area contributed by atoms with Gasteiger partial charge in [0.2, 0.25) is 0 Å². The maximum atomic E-state index is 11.2. The van der Waals surface area contributed by atoms with Gasteiger partial charge in [-0.2, -0.15) is 0 Å². The second-order valence-electron chi connectivity index (χ2n) is 3.71. The fourth-order valence-electron chi connectivity index (χ4n) is 1.68. The number of aliphatic hydroxyl groups is 1. The number of carbonyl (C=O) groups excluding carboxylic acids is 1. The molecule has 2 rings (SSSR count). The van der Waals surface area contributed by atoms with Gasteiger partial charge < -0.3 is 19.9 Å². The number of hydrogen-bond acceptors (Lipinski definition) is 5. The number of benzene rings is 1. The van der Waals surface area contributed by atoms with E-state index < -0.39 is 0 Å². The molecule has 0 aliphatic carbocycles. The van der Waals surface area contributed by atoms with Crippen molar-refractivity contribution < 1.29 is 19.4 Å². The van der Waals surface area contributed by atoms with Crippen LogP contribution in [0.2, 0.25) is 0 Å². The molecule has 0 unspecified atom stereocenters. The van der Waals surface area contributed by atoms with Gasteiger partial charge in [-0.15, -0.1) is 0 Å². The van der Waals surface area contributed by atoms with E-state index in [0.717, 1.165) is 11.3 Å². The minimum absolute atomic E-state index is 0.0400. The van der Waals surface area contributed by atoms with Crippen molar-refractivity contribution in [2.75, 3.05) is 31.7 Å². The Morgan fingerprint density at radius 2 is 2.29 bits per heavy atom. The van der Waals surface area contributed by atoms with Gasteiger partial charge >= 0.3 is 5.97 Å². The molecular weight excluding hydrogens is 222 g/mol. The Balaban J connectivity index is 1.84. The molecule has 0 fully saturated rings. The van der Waals surface area contributed by atoms with Crippen molar-refractivity contribution in [2.24, 2.45) is 0 Å². The van der Waals surface area contributed by atoms with Gasteiger partial charge in [-0.3, -0.25) is 0 Å². The molecule has 17 heavy (non-hydrogen) atoms. The second kappa shape index (κ2) is 5.65. The molecule has 0 atom stereocenters. The van der Waals surface area contributed by atoms with E-state index in [4.69, 9.17) is 14.6 Å². The molecule has 1 aliphatic heterocycles. The number of hydrogen-bond donors (Lipinski definition) is 2. The Morgan fingerprint density at radius 1 is 1.41 bits per heavy atom. The zero-order valence-electron chi connectivity index (χ0n) is 9.44. The van der Waals surface area contributed by atoms with Crippen LogP contribution < -0.4 is 5.32 Å². The number of cyclic esters (lactones) is 1. The molecule has 92 valence electrons. The smallest absolute Gasteiger partial charge is 0.338 e. The van der Waals surface area contributed by atoms with Crippen molar-refractivity contribution in [3.05, 3.63) is 29.3 Å². The normalized spacial score (nSPS) is 13.4. The SMILES string of the molecule is O=C1OCc2cc(NCCOCCO)ccc21. The molecule has 1 heterocycles. The predicted octanol–water partition coefficient (Wildman–Crippen LogP) is 0.778. The molecule has 0 saturated heterocycles. The van der Waals surface area contributed by atoms with Crippen molar-refractivity contribution >= 4 is 11.7 Å². The quantitative estimate of drug-likeness (QED) is 0.565. The molecule has 1 aliphatic rings. The van der Waals surface area contributed by atoms with E-state index in [-0.39, 0.29) is 12.6 Å². The average Bonchev–Trinajstić information content (AvgIpc) is 2.71. The number of nitrogens with one attached hydrogen (secondary N) is 1. The standard InChI is InChI=1S/C12H15NO4/c14-4-6-16-5-3-13-10-1-2-11-9(7-10)8-17-12(11)15/h1-2,7,13-14H,3-6,8H2. The summed E-state index contributed by atoms with van der Waals surface area (Å²) in [7, 11) is 0. The number of fused-ring (bicyclic) bond motifs is 1. The van der Waals surface area contributed by atoms with Crippen LogP contribution in [0.3, 0.4) is 0 Å². The molecule has 0 spiro atoms. The lowest BCUT2D eigenvalue weighted by Gasteiger charge is -2.07. The second-order valence-corrected chi connectivity index (χ2v) is 3.71. The first kappa shape index (κ1) is 11.9. The number of carbonyl (C=O) groups is 1. The Hall–Kier alpha value is -1.59. The molecule has 1 aromatic carbocycles. The fraction of sp³-hybridized carbons (Fsp3) is 0.417. The molecular formula is C12H15NO4. The Labute approximate surface area is 99.3 Å². The van der Waals surface area contributed by atoms with Crippen molar-refractivity contribution in [1.82, 2.24) is 0 Å². The van der Waals surface area contributed by atoms with Gasteiger partial charge in [-0.05, 0) is 18.2 Å². The molecule has 0 bridgehead atoms. The van der Waals surface area contributed by atoms with E-state index in [1.54, 1.807) is 6.07 Å². The summed E-state index contributed by atoms with van der Waals surface area (Å²) in [5, 5.41) is 11.7. The van der Waals surface area contributed by atoms with Crippen LogP contribution in [0.25, 0.3) is 0 Å². The maximum absolute atomic E-state index is 11.2. The highest BCUT2D eigenvalue weighted by Crippen LogP contribution is 2.23. The summed E-state index contributed by atoms with van der Waals surface area (Å²) in [5.41, 5.74) is 2.50. The van der Waals surface area contributed by atoms with Crippen LogP contribution in [-0.2, 0) is 16.1 Å². The van der Waals surface area contributed by atoms with E-state index in [1.165, 1.54) is 0 Å². The van der Waals surface area contributed by atoms with Gasteiger partial charge in [0.05, 0.1) is 25.4 Å². The van der Waals surface area contributed by atoms with Gasteiger partial charge in [0.1, 0.15) is 6.61 Å². The Morgan fingerprint density at radius 3 is 3.12 bits per heavy atom. The van der Waals surface area contributed by atoms with E-state index >= 15 is 0 Å². The van der Waals surface area contributed by atoms with Crippen molar-refractivity contribution in [3.63, 3.8) is 0 Å². The van der Waals surface area contributed by atoms with E-state index in [2.05, 4.69) is 5.32 Å². The fourth-order valence-corrected chi connectivity index (χ4v) is 1.68. The molecule has 0 radical (unpaired) electrons. The summed E-state index contributed by atoms with van der Waals surface area (Å²) < 4.78 is 10.0. The van der Waals surface area contributed by atoms with Gasteiger partial charge in [-0.25, -0.2) is 4.79 Å². The van der Waals surface area contributed by atoms with Gasteiger partial charge in [0.25, 0.3) is 0 Å². The van der Waals surface area contributed by atoms with E-state index in [9.17, 15) is 4.79 Å². The third-order valence-electron chi connectivity index (χ3n) is 2.50.